The predicted molar refractivity (Wildman–Crippen MR) is 172 cm³/mol. The number of benzene rings is 5. The van der Waals surface area contributed by atoms with Crippen molar-refractivity contribution in [2.24, 2.45) is 0 Å². The van der Waals surface area contributed by atoms with Crippen molar-refractivity contribution in [2.75, 3.05) is 0 Å². The molecule has 4 heteroatoms. The molecule has 0 aromatic heterocycles. The third-order valence-corrected chi connectivity index (χ3v) is 8.37. The summed E-state index contributed by atoms with van der Waals surface area (Å²) in [4.78, 5) is 0. The van der Waals surface area contributed by atoms with E-state index in [2.05, 4.69) is 134 Å². The fourth-order valence-corrected chi connectivity index (χ4v) is 6.58. The number of aryl methyl sites for hydroxylation is 1. The van der Waals surface area contributed by atoms with Crippen LogP contribution in [0, 0.1) is 6.07 Å². The van der Waals surface area contributed by atoms with Gasteiger partial charge >= 0.3 is 37.9 Å². The second-order valence-corrected chi connectivity index (χ2v) is 14.5. The molecule has 0 unspecified atom stereocenters. The molecule has 1 aliphatic rings. The van der Waals surface area contributed by atoms with E-state index in [0.717, 1.165) is 22.4 Å². The minimum atomic E-state index is -0.826. The molecule has 6 aromatic carbocycles. The molecule has 0 saturated carbocycles. The Labute approximate surface area is 258 Å². The standard InChI is InChI=1S/C24H21.C12H7Si.2ClH.Zr/c1-2-9-19-14-15-21-16-22(18-10-5-3-6-11-18)17-23(21)24(19)20-12-7-4-8-13-20;1-3-7-11-9(5-1)10-6-2-4-8-12(10)13-11;;;/h3-8,10-17H,2,9H2,1H3;1-7H;2*1H;/q2*-1;;;+4/p-2. The van der Waals surface area contributed by atoms with E-state index in [9.17, 15) is 0 Å². The average molecular weight is 651 g/mol. The number of hydrogen-bond donors (Lipinski definition) is 0. The summed E-state index contributed by atoms with van der Waals surface area (Å²) >= 11 is -0.826. The Morgan fingerprint density at radius 1 is 0.750 bits per heavy atom. The second-order valence-electron chi connectivity index (χ2n) is 9.53. The first-order valence-electron chi connectivity index (χ1n) is 13.4. The van der Waals surface area contributed by atoms with Crippen LogP contribution in [0.25, 0.3) is 44.2 Å². The third-order valence-electron chi connectivity index (χ3n) is 7.00. The smallest absolute Gasteiger partial charge is 0.0920 e. The van der Waals surface area contributed by atoms with E-state index >= 15 is 0 Å². The maximum Gasteiger partial charge on any atom is 0.0920 e. The van der Waals surface area contributed by atoms with Gasteiger partial charge in [-0.15, -0.1) is 40.1 Å². The monoisotopic (exact) mass is 648 g/mol. The Balaban J connectivity index is 0.000000168. The summed E-state index contributed by atoms with van der Waals surface area (Å²) in [7, 11) is 10.7. The second kappa shape index (κ2) is 14.3. The van der Waals surface area contributed by atoms with E-state index in [0.29, 0.717) is 0 Å². The zero-order chi connectivity index (χ0) is 27.7. The van der Waals surface area contributed by atoms with Crippen LogP contribution in [0.2, 0.25) is 0 Å². The van der Waals surface area contributed by atoms with Gasteiger partial charge in [-0.2, -0.15) is 29.5 Å². The molecule has 1 aliphatic heterocycles. The normalized spacial score (nSPS) is 10.9. The van der Waals surface area contributed by atoms with E-state index in [-0.39, 0.29) is 0 Å². The van der Waals surface area contributed by atoms with Crippen LogP contribution in [-0.4, -0.2) is 9.52 Å². The molecule has 40 heavy (non-hydrogen) atoms. The summed E-state index contributed by atoms with van der Waals surface area (Å²) in [5, 5.41) is 5.52. The van der Waals surface area contributed by atoms with Crippen LogP contribution >= 0.6 is 17.0 Å². The molecule has 0 saturated heterocycles. The van der Waals surface area contributed by atoms with Gasteiger partial charge in [0, 0.05) is 0 Å². The van der Waals surface area contributed by atoms with E-state index in [1.165, 1.54) is 60.1 Å². The van der Waals surface area contributed by atoms with Gasteiger partial charge in [-0.3, -0.25) is 0 Å². The number of rotatable bonds is 4. The fraction of sp³-hybridized carbons (Fsp3) is 0.0833. The minimum absolute atomic E-state index is 0.795. The number of hydrogen-bond acceptors (Lipinski definition) is 0. The summed E-state index contributed by atoms with van der Waals surface area (Å²) < 4.78 is 0. The Morgan fingerprint density at radius 2 is 1.40 bits per heavy atom. The van der Waals surface area contributed by atoms with Gasteiger partial charge < -0.3 is 0 Å². The average Bonchev–Trinajstić information content (AvgIpc) is 3.61. The third kappa shape index (κ3) is 6.64. The first-order chi connectivity index (χ1) is 19.7. The van der Waals surface area contributed by atoms with Gasteiger partial charge in [0.15, 0.2) is 0 Å². The van der Waals surface area contributed by atoms with Crippen LogP contribution in [0.4, 0.5) is 0 Å². The van der Waals surface area contributed by atoms with Gasteiger partial charge in [0.25, 0.3) is 0 Å². The van der Waals surface area contributed by atoms with Gasteiger partial charge in [-0.25, -0.2) is 0 Å². The molecular weight excluding hydrogens is 623 g/mol. The van der Waals surface area contributed by atoms with Crippen molar-refractivity contribution in [1.29, 1.82) is 0 Å². The summed E-state index contributed by atoms with van der Waals surface area (Å²) in [5.41, 5.74) is 9.51. The van der Waals surface area contributed by atoms with Crippen LogP contribution in [0.15, 0.2) is 127 Å². The van der Waals surface area contributed by atoms with Crippen molar-refractivity contribution in [1.82, 2.24) is 0 Å². The molecule has 0 aliphatic carbocycles. The molecule has 0 N–H and O–H groups in total. The Hall–Kier alpha value is -2.61. The zero-order valence-electron chi connectivity index (χ0n) is 22.3. The Morgan fingerprint density at radius 3 is 2.12 bits per heavy atom. The molecule has 0 fully saturated rings. The quantitative estimate of drug-likeness (QED) is 0.132. The van der Waals surface area contributed by atoms with Gasteiger partial charge in [0.05, 0.1) is 9.52 Å². The fourth-order valence-electron chi connectivity index (χ4n) is 5.27. The minimum Gasteiger partial charge on any atom is -0.184 e. The van der Waals surface area contributed by atoms with Crippen molar-refractivity contribution in [3.63, 3.8) is 0 Å². The summed E-state index contributed by atoms with van der Waals surface area (Å²) in [6, 6.07) is 48.9. The summed E-state index contributed by atoms with van der Waals surface area (Å²) in [6.07, 6.45) is 2.28. The van der Waals surface area contributed by atoms with E-state index in [1.54, 1.807) is 0 Å². The molecule has 1 heterocycles. The molecule has 6 aromatic rings. The van der Waals surface area contributed by atoms with Gasteiger partial charge in [0.1, 0.15) is 0 Å². The van der Waals surface area contributed by atoms with Crippen molar-refractivity contribution in [2.45, 2.75) is 19.8 Å². The molecule has 7 rings (SSSR count). The first kappa shape index (κ1) is 28.9. The molecular formula is C36H28Cl2SiZr. The van der Waals surface area contributed by atoms with E-state index in [1.807, 2.05) is 6.07 Å². The molecule has 0 amide bonds. The number of halogens is 2. The molecule has 0 atom stereocenters. The largest absolute Gasteiger partial charge is 0.184 e. The van der Waals surface area contributed by atoms with Gasteiger partial charge in [-0.05, 0) is 17.5 Å². The van der Waals surface area contributed by atoms with Crippen molar-refractivity contribution in [3.8, 4) is 33.4 Å². The topological polar surface area (TPSA) is 0 Å². The molecule has 0 nitrogen and oxygen atoms in total. The van der Waals surface area contributed by atoms with Crippen LogP contribution in [0.3, 0.4) is 0 Å². The molecule has 0 spiro atoms. The van der Waals surface area contributed by atoms with E-state index in [4.69, 9.17) is 17.0 Å². The van der Waals surface area contributed by atoms with Crippen molar-refractivity contribution >= 4 is 47.7 Å². The molecule has 0 bridgehead atoms. The SMILES string of the molecule is CCCc1ccc2[cH-]c(-c3ccccc3)cc2c1-c1ccccc1.[Cl][Zr+2][Cl].[c-]1cccc2c1[Si]c1ccccc1-2. The van der Waals surface area contributed by atoms with Crippen LogP contribution < -0.4 is 10.4 Å². The molecule has 2 radical (unpaired) electrons. The van der Waals surface area contributed by atoms with Crippen LogP contribution in [0.5, 0.6) is 0 Å². The van der Waals surface area contributed by atoms with Gasteiger partial charge in [0.2, 0.25) is 0 Å². The van der Waals surface area contributed by atoms with Crippen LogP contribution in [0.1, 0.15) is 18.9 Å². The molecule has 194 valence electrons. The summed E-state index contributed by atoms with van der Waals surface area (Å²) in [5.74, 6) is 0. The first-order valence-corrected chi connectivity index (χ1v) is 20.7. The predicted octanol–water partition coefficient (Wildman–Crippen LogP) is 9.34. The summed E-state index contributed by atoms with van der Waals surface area (Å²) in [6.45, 7) is 2.25. The maximum absolute atomic E-state index is 4.93. The van der Waals surface area contributed by atoms with Crippen LogP contribution in [-0.2, 0) is 27.3 Å². The Bertz CT molecular complexity index is 1630. The van der Waals surface area contributed by atoms with Crippen molar-refractivity contribution < 1.29 is 20.8 Å². The number of fused-ring (bicyclic) bond motifs is 4. The van der Waals surface area contributed by atoms with E-state index < -0.39 is 20.8 Å². The van der Waals surface area contributed by atoms with Crippen molar-refractivity contribution in [3.05, 3.63) is 139 Å². The Kier molecular flexibility index (Phi) is 10.4. The maximum atomic E-state index is 4.93. The zero-order valence-corrected chi connectivity index (χ0v) is 27.3. The van der Waals surface area contributed by atoms with Gasteiger partial charge in [-0.1, -0.05) is 126 Å².